The Morgan fingerprint density at radius 2 is 1.81 bits per heavy atom. The van der Waals surface area contributed by atoms with Gasteiger partial charge in [0.2, 0.25) is 0 Å². The second-order valence-corrected chi connectivity index (χ2v) is 7.65. The molecule has 1 aliphatic heterocycles. The SMILES string of the molecule is Cc1ccc(-n2cccc2C2C(c3ccccn3)NC(=S)N2C(C)C)cc1. The summed E-state index contributed by atoms with van der Waals surface area (Å²) >= 11 is 5.70. The molecule has 4 rings (SSSR count). The fourth-order valence-corrected chi connectivity index (χ4v) is 4.27. The van der Waals surface area contributed by atoms with Crippen molar-refractivity contribution in [1.29, 1.82) is 0 Å². The molecule has 1 fully saturated rings. The normalized spacial score (nSPS) is 19.6. The summed E-state index contributed by atoms with van der Waals surface area (Å²) in [5.74, 6) is 0. The van der Waals surface area contributed by atoms with Crippen molar-refractivity contribution in [1.82, 2.24) is 19.8 Å². The lowest BCUT2D eigenvalue weighted by Gasteiger charge is -2.31. The molecule has 4 nitrogen and oxygen atoms in total. The minimum Gasteiger partial charge on any atom is -0.352 e. The van der Waals surface area contributed by atoms with Gasteiger partial charge in [-0.25, -0.2) is 0 Å². The molecule has 0 bridgehead atoms. The summed E-state index contributed by atoms with van der Waals surface area (Å²) in [5, 5.41) is 4.29. The number of hydrogen-bond acceptors (Lipinski definition) is 2. The molecule has 138 valence electrons. The van der Waals surface area contributed by atoms with Crippen LogP contribution in [0.2, 0.25) is 0 Å². The lowest BCUT2D eigenvalue weighted by Crippen LogP contribution is -2.36. The van der Waals surface area contributed by atoms with Gasteiger partial charge < -0.3 is 14.8 Å². The quantitative estimate of drug-likeness (QED) is 0.677. The van der Waals surface area contributed by atoms with Crippen LogP contribution in [-0.2, 0) is 0 Å². The van der Waals surface area contributed by atoms with E-state index in [0.717, 1.165) is 16.5 Å². The molecule has 3 heterocycles. The Labute approximate surface area is 165 Å². The molecular formula is C22H24N4S. The molecule has 1 N–H and O–H groups in total. The smallest absolute Gasteiger partial charge is 0.170 e. The topological polar surface area (TPSA) is 33.1 Å². The van der Waals surface area contributed by atoms with Crippen molar-refractivity contribution in [2.24, 2.45) is 0 Å². The maximum Gasteiger partial charge on any atom is 0.170 e. The third kappa shape index (κ3) is 3.23. The minimum absolute atomic E-state index is 0.0141. The van der Waals surface area contributed by atoms with Crippen LogP contribution in [-0.4, -0.2) is 25.6 Å². The summed E-state index contributed by atoms with van der Waals surface area (Å²) in [4.78, 5) is 6.89. The zero-order valence-electron chi connectivity index (χ0n) is 15.8. The van der Waals surface area contributed by atoms with Crippen molar-refractivity contribution in [3.05, 3.63) is 83.9 Å². The highest BCUT2D eigenvalue weighted by molar-refractivity contribution is 7.80. The Morgan fingerprint density at radius 3 is 2.48 bits per heavy atom. The monoisotopic (exact) mass is 376 g/mol. The minimum atomic E-state index is 0.0141. The van der Waals surface area contributed by atoms with Gasteiger partial charge in [-0.3, -0.25) is 4.98 Å². The molecule has 27 heavy (non-hydrogen) atoms. The van der Waals surface area contributed by atoms with Crippen LogP contribution in [0.1, 0.15) is 42.9 Å². The molecule has 1 saturated heterocycles. The number of aromatic nitrogens is 2. The van der Waals surface area contributed by atoms with Gasteiger partial charge in [0.1, 0.15) is 0 Å². The summed E-state index contributed by atoms with van der Waals surface area (Å²) in [5.41, 5.74) is 4.62. The Bertz CT molecular complexity index is 930. The molecule has 0 radical (unpaired) electrons. The maximum absolute atomic E-state index is 5.70. The molecule has 5 heteroatoms. The summed E-state index contributed by atoms with van der Waals surface area (Å²) in [6.07, 6.45) is 3.96. The summed E-state index contributed by atoms with van der Waals surface area (Å²) in [7, 11) is 0. The fourth-order valence-electron chi connectivity index (χ4n) is 3.81. The molecule has 2 atom stereocenters. The van der Waals surface area contributed by atoms with Gasteiger partial charge in [-0.2, -0.15) is 0 Å². The fraction of sp³-hybridized carbons (Fsp3) is 0.273. The van der Waals surface area contributed by atoms with Gasteiger partial charge in [-0.1, -0.05) is 23.8 Å². The molecule has 0 aliphatic carbocycles. The van der Waals surface area contributed by atoms with Gasteiger partial charge in [-0.15, -0.1) is 0 Å². The Hall–Kier alpha value is -2.66. The zero-order valence-corrected chi connectivity index (χ0v) is 16.6. The van der Waals surface area contributed by atoms with Crippen molar-refractivity contribution >= 4 is 17.3 Å². The molecule has 2 unspecified atom stereocenters. The Morgan fingerprint density at radius 1 is 1.04 bits per heavy atom. The van der Waals surface area contributed by atoms with Crippen LogP contribution in [0.4, 0.5) is 0 Å². The summed E-state index contributed by atoms with van der Waals surface area (Å²) in [6.45, 7) is 6.47. The van der Waals surface area contributed by atoms with Gasteiger partial charge in [-0.05, 0) is 69.4 Å². The first-order valence-electron chi connectivity index (χ1n) is 9.30. The predicted molar refractivity (Wildman–Crippen MR) is 113 cm³/mol. The van der Waals surface area contributed by atoms with Crippen LogP contribution in [0.15, 0.2) is 67.0 Å². The predicted octanol–water partition coefficient (Wildman–Crippen LogP) is 4.56. The van der Waals surface area contributed by atoms with Crippen molar-refractivity contribution in [2.75, 3.05) is 0 Å². The molecule has 0 spiro atoms. The second kappa shape index (κ2) is 7.16. The van der Waals surface area contributed by atoms with Crippen LogP contribution in [0.3, 0.4) is 0 Å². The average Bonchev–Trinajstić information content (AvgIpc) is 3.27. The summed E-state index contributed by atoms with van der Waals surface area (Å²) in [6, 6.07) is 19.3. The largest absolute Gasteiger partial charge is 0.352 e. The second-order valence-electron chi connectivity index (χ2n) is 7.27. The van der Waals surface area contributed by atoms with Crippen molar-refractivity contribution in [2.45, 2.75) is 38.9 Å². The number of nitrogens with one attached hydrogen (secondary N) is 1. The molecule has 0 amide bonds. The van der Waals surface area contributed by atoms with Gasteiger partial charge in [0.15, 0.2) is 5.11 Å². The molecular weight excluding hydrogens is 352 g/mol. The van der Waals surface area contributed by atoms with Gasteiger partial charge in [0.05, 0.1) is 17.8 Å². The van der Waals surface area contributed by atoms with E-state index in [1.54, 1.807) is 0 Å². The van der Waals surface area contributed by atoms with E-state index < -0.39 is 0 Å². The van der Waals surface area contributed by atoms with E-state index in [4.69, 9.17) is 12.2 Å². The molecule has 0 saturated carbocycles. The standard InChI is InChI=1S/C22H24N4S/c1-15(2)26-21(20(24-22(26)27)18-7-4-5-13-23-18)19-8-6-14-25(19)17-11-9-16(3)10-12-17/h4-15,20-21H,1-3H3,(H,24,27). The molecule has 1 aliphatic rings. The molecule has 3 aromatic rings. The zero-order chi connectivity index (χ0) is 19.0. The van der Waals surface area contributed by atoms with Crippen molar-refractivity contribution in [3.8, 4) is 5.69 Å². The first-order chi connectivity index (χ1) is 13.1. The first kappa shape index (κ1) is 17.7. The van der Waals surface area contributed by atoms with Crippen molar-refractivity contribution in [3.63, 3.8) is 0 Å². The van der Waals surface area contributed by atoms with Gasteiger partial charge >= 0.3 is 0 Å². The summed E-state index contributed by atoms with van der Waals surface area (Å²) < 4.78 is 2.26. The van der Waals surface area contributed by atoms with Gasteiger partial charge in [0, 0.05) is 29.8 Å². The van der Waals surface area contributed by atoms with E-state index in [-0.39, 0.29) is 18.1 Å². The Balaban J connectivity index is 1.82. The Kier molecular flexibility index (Phi) is 4.70. The maximum atomic E-state index is 5.70. The average molecular weight is 377 g/mol. The molecule has 2 aromatic heterocycles. The highest BCUT2D eigenvalue weighted by atomic mass is 32.1. The number of nitrogens with zero attached hydrogens (tertiary/aromatic N) is 3. The number of benzene rings is 1. The van der Waals surface area contributed by atoms with Crippen LogP contribution < -0.4 is 5.32 Å². The number of pyridine rings is 1. The highest BCUT2D eigenvalue weighted by Crippen LogP contribution is 2.40. The van der Waals surface area contributed by atoms with Crippen LogP contribution >= 0.6 is 12.2 Å². The number of hydrogen-bond donors (Lipinski definition) is 1. The number of rotatable bonds is 4. The van der Waals surface area contributed by atoms with E-state index >= 15 is 0 Å². The van der Waals surface area contributed by atoms with E-state index in [2.05, 4.69) is 89.2 Å². The van der Waals surface area contributed by atoms with Gasteiger partial charge in [0.25, 0.3) is 0 Å². The lowest BCUT2D eigenvalue weighted by atomic mass is 10.0. The highest BCUT2D eigenvalue weighted by Gasteiger charge is 2.42. The van der Waals surface area contributed by atoms with E-state index in [1.165, 1.54) is 11.3 Å². The number of thiocarbonyl (C=S) groups is 1. The third-order valence-electron chi connectivity index (χ3n) is 5.09. The number of aryl methyl sites for hydroxylation is 1. The lowest BCUT2D eigenvalue weighted by molar-refractivity contribution is 0.262. The van der Waals surface area contributed by atoms with E-state index in [1.807, 2.05) is 18.3 Å². The van der Waals surface area contributed by atoms with Crippen LogP contribution in [0, 0.1) is 6.92 Å². The first-order valence-corrected chi connectivity index (χ1v) is 9.71. The van der Waals surface area contributed by atoms with Crippen molar-refractivity contribution < 1.29 is 0 Å². The van der Waals surface area contributed by atoms with E-state index in [0.29, 0.717) is 0 Å². The molecule has 1 aromatic carbocycles. The third-order valence-corrected chi connectivity index (χ3v) is 5.42. The van der Waals surface area contributed by atoms with Crippen LogP contribution in [0.5, 0.6) is 0 Å². The van der Waals surface area contributed by atoms with E-state index in [9.17, 15) is 0 Å². The van der Waals surface area contributed by atoms with Crippen LogP contribution in [0.25, 0.3) is 5.69 Å².